The van der Waals surface area contributed by atoms with Crippen molar-refractivity contribution in [2.24, 2.45) is 0 Å². The van der Waals surface area contributed by atoms with Crippen molar-refractivity contribution in [2.75, 3.05) is 6.61 Å². The minimum atomic E-state index is 0.349. The maximum atomic E-state index is 8.47. The molecule has 0 aromatic rings. The number of hydrogen-bond donors (Lipinski definition) is 1. The van der Waals surface area contributed by atoms with Gasteiger partial charge in [-0.25, -0.2) is 0 Å². The fraction of sp³-hybridized carbons (Fsp3) is 1.00. The van der Waals surface area contributed by atoms with Crippen molar-refractivity contribution in [1.82, 2.24) is 0 Å². The van der Waals surface area contributed by atoms with E-state index >= 15 is 0 Å². The first-order chi connectivity index (χ1) is 3.31. The molecule has 0 heterocycles. The Kier molecular flexibility index (Phi) is 6.23. The highest BCUT2D eigenvalue weighted by Crippen LogP contribution is 2.17. The Bertz CT molecular complexity index is 45.9. The number of aliphatic hydroxyl groups is 1. The molecule has 1 N–H and O–H groups in total. The molecule has 2 atom stereocenters. The van der Waals surface area contributed by atoms with Gasteiger partial charge in [-0.2, -0.15) is 0 Å². The summed E-state index contributed by atoms with van der Waals surface area (Å²) in [6, 6.07) is 0. The van der Waals surface area contributed by atoms with Crippen molar-refractivity contribution in [3.05, 3.63) is 0 Å². The Morgan fingerprint density at radius 1 is 2.00 bits per heavy atom. The third-order valence-corrected chi connectivity index (χ3v) is 3.05. The van der Waals surface area contributed by atoms with Crippen LogP contribution in [0.1, 0.15) is 6.92 Å². The average molecular weight is 230 g/mol. The van der Waals surface area contributed by atoms with Crippen molar-refractivity contribution in [3.63, 3.8) is 0 Å². The summed E-state index contributed by atoms with van der Waals surface area (Å²) >= 11 is 2.33. The summed E-state index contributed by atoms with van der Waals surface area (Å²) < 4.78 is 0. The molecule has 0 radical (unpaired) electrons. The zero-order valence-electron chi connectivity index (χ0n) is 4.32. The Balaban J connectivity index is 2.83. The fourth-order valence-corrected chi connectivity index (χ4v) is 2.84. The van der Waals surface area contributed by atoms with Crippen LogP contribution in [0.4, 0.5) is 0 Å². The standard InChI is InChI=1S/C3H9BIOP/c1-3(2-6)7-4-5/h3-4,6-7H,2H2,1H3. The maximum absolute atomic E-state index is 8.47. The summed E-state index contributed by atoms with van der Waals surface area (Å²) in [4.78, 5) is 1.18. The zero-order valence-corrected chi connectivity index (χ0v) is 7.47. The van der Waals surface area contributed by atoms with Gasteiger partial charge < -0.3 is 5.11 Å². The van der Waals surface area contributed by atoms with Gasteiger partial charge in [-0.15, -0.1) is 30.8 Å². The monoisotopic (exact) mass is 230 g/mol. The molecule has 0 saturated heterocycles. The second kappa shape index (κ2) is 5.32. The fourth-order valence-electron chi connectivity index (χ4n) is 0.196. The van der Waals surface area contributed by atoms with Crippen LogP contribution in [0.25, 0.3) is 0 Å². The van der Waals surface area contributed by atoms with Gasteiger partial charge in [0.2, 0.25) is 4.86 Å². The molecular weight excluding hydrogens is 221 g/mol. The van der Waals surface area contributed by atoms with Crippen LogP contribution in [-0.4, -0.2) is 22.2 Å². The quantitative estimate of drug-likeness (QED) is 0.430. The van der Waals surface area contributed by atoms with Gasteiger partial charge in [0.05, 0.1) is 0 Å². The Hall–Kier alpha value is 1.18. The molecule has 0 rings (SSSR count). The van der Waals surface area contributed by atoms with Crippen molar-refractivity contribution < 1.29 is 5.11 Å². The molecule has 0 amide bonds. The van der Waals surface area contributed by atoms with Gasteiger partial charge in [-0.3, -0.25) is 0 Å². The molecule has 0 aliphatic heterocycles. The summed E-state index contributed by atoms with van der Waals surface area (Å²) in [5.74, 6) is 0. The maximum Gasteiger partial charge on any atom is 0.225 e. The van der Waals surface area contributed by atoms with Gasteiger partial charge in [0, 0.05) is 6.61 Å². The Morgan fingerprint density at radius 2 is 2.57 bits per heavy atom. The van der Waals surface area contributed by atoms with Gasteiger partial charge in [-0.1, -0.05) is 6.92 Å². The SMILES string of the molecule is CC(CO)PBI. The van der Waals surface area contributed by atoms with Gasteiger partial charge in [0.15, 0.2) is 0 Å². The third kappa shape index (κ3) is 5.05. The molecule has 0 aromatic heterocycles. The van der Waals surface area contributed by atoms with Crippen LogP contribution in [0.5, 0.6) is 0 Å². The van der Waals surface area contributed by atoms with E-state index in [0.29, 0.717) is 12.3 Å². The van der Waals surface area contributed by atoms with E-state index in [1.54, 1.807) is 0 Å². The largest absolute Gasteiger partial charge is 0.396 e. The third-order valence-electron chi connectivity index (χ3n) is 0.699. The first kappa shape index (κ1) is 8.18. The van der Waals surface area contributed by atoms with E-state index in [9.17, 15) is 0 Å². The van der Waals surface area contributed by atoms with E-state index in [0.717, 1.165) is 8.46 Å². The molecule has 7 heavy (non-hydrogen) atoms. The molecule has 42 valence electrons. The van der Waals surface area contributed by atoms with Crippen LogP contribution in [0, 0.1) is 0 Å². The van der Waals surface area contributed by atoms with Crippen LogP contribution in [0.3, 0.4) is 0 Å². The van der Waals surface area contributed by atoms with Crippen molar-refractivity contribution >= 4 is 35.7 Å². The number of aliphatic hydroxyl groups excluding tert-OH is 1. The minimum absolute atomic E-state index is 0.349. The summed E-state index contributed by atoms with van der Waals surface area (Å²) in [5, 5.41) is 8.47. The molecule has 4 heteroatoms. The average Bonchev–Trinajstić information content (AvgIpc) is 1.68. The molecule has 2 unspecified atom stereocenters. The zero-order chi connectivity index (χ0) is 5.70. The molecular formula is C3H9BIOP. The smallest absolute Gasteiger partial charge is 0.225 e. The van der Waals surface area contributed by atoms with E-state index in [-0.39, 0.29) is 0 Å². The highest BCUT2D eigenvalue weighted by Gasteiger charge is 1.95. The summed E-state index contributed by atoms with van der Waals surface area (Å²) in [7, 11) is 0.925. The minimum Gasteiger partial charge on any atom is -0.396 e. The lowest BCUT2D eigenvalue weighted by Gasteiger charge is -2.01. The highest BCUT2D eigenvalue weighted by atomic mass is 127. The lowest BCUT2D eigenvalue weighted by atomic mass is 10.5. The van der Waals surface area contributed by atoms with E-state index in [4.69, 9.17) is 5.11 Å². The molecule has 0 bridgehead atoms. The highest BCUT2D eigenvalue weighted by molar-refractivity contribution is 14.1. The normalized spacial score (nSPS) is 15.3. The van der Waals surface area contributed by atoms with E-state index in [1.807, 2.05) is 0 Å². The predicted octanol–water partition coefficient (Wildman–Crippen LogP) is 0.747. The summed E-state index contributed by atoms with van der Waals surface area (Å²) in [5.41, 5.74) is 0.525. The first-order valence-corrected chi connectivity index (χ1v) is 5.02. The molecule has 1 nitrogen and oxygen atoms in total. The first-order valence-electron chi connectivity index (χ1n) is 2.21. The van der Waals surface area contributed by atoms with Crippen LogP contribution in [0.15, 0.2) is 0 Å². The lowest BCUT2D eigenvalue weighted by molar-refractivity contribution is 0.299. The van der Waals surface area contributed by atoms with Crippen LogP contribution in [-0.2, 0) is 0 Å². The van der Waals surface area contributed by atoms with Crippen LogP contribution >= 0.6 is 30.8 Å². The van der Waals surface area contributed by atoms with Gasteiger partial charge in [0.1, 0.15) is 0 Å². The molecule has 0 fully saturated rings. The summed E-state index contributed by atoms with van der Waals surface area (Å²) in [6.07, 6.45) is 0. The van der Waals surface area contributed by atoms with Gasteiger partial charge in [0.25, 0.3) is 0 Å². The second-order valence-corrected chi connectivity index (χ2v) is 5.37. The predicted molar refractivity (Wildman–Crippen MR) is 46.0 cm³/mol. The van der Waals surface area contributed by atoms with Crippen LogP contribution < -0.4 is 0 Å². The molecule has 0 spiro atoms. The van der Waals surface area contributed by atoms with Gasteiger partial charge in [-0.05, 0) is 5.66 Å². The van der Waals surface area contributed by atoms with Crippen molar-refractivity contribution in [2.45, 2.75) is 12.6 Å². The number of hydrogen-bond acceptors (Lipinski definition) is 1. The number of halogens is 1. The van der Waals surface area contributed by atoms with Crippen molar-refractivity contribution in [3.8, 4) is 0 Å². The van der Waals surface area contributed by atoms with Gasteiger partial charge >= 0.3 is 0 Å². The molecule has 0 aliphatic carbocycles. The summed E-state index contributed by atoms with van der Waals surface area (Å²) in [6.45, 7) is 2.42. The van der Waals surface area contributed by atoms with Crippen molar-refractivity contribution in [1.29, 1.82) is 0 Å². The lowest BCUT2D eigenvalue weighted by Crippen LogP contribution is -1.99. The molecule has 0 saturated carbocycles. The van der Waals surface area contributed by atoms with Crippen LogP contribution in [0.2, 0.25) is 0 Å². The van der Waals surface area contributed by atoms with E-state index < -0.39 is 0 Å². The van der Waals surface area contributed by atoms with E-state index in [1.165, 1.54) is 4.86 Å². The second-order valence-electron chi connectivity index (χ2n) is 1.42. The molecule has 0 aliphatic rings. The van der Waals surface area contributed by atoms with E-state index in [2.05, 4.69) is 29.3 Å². The molecule has 0 aromatic carbocycles. The Labute approximate surface area is 60.1 Å². The topological polar surface area (TPSA) is 20.2 Å². The number of rotatable bonds is 3. The Morgan fingerprint density at radius 3 is 2.71 bits per heavy atom.